The van der Waals surface area contributed by atoms with Gasteiger partial charge in [-0.15, -0.1) is 0 Å². The minimum absolute atomic E-state index is 0.00661. The first-order valence-electron chi connectivity index (χ1n) is 9.48. The molecule has 3 aromatic rings. The summed E-state index contributed by atoms with van der Waals surface area (Å²) in [6.45, 7) is 0.252. The summed E-state index contributed by atoms with van der Waals surface area (Å²) >= 11 is 0. The molecule has 1 saturated heterocycles. The molecule has 1 aliphatic heterocycles. The normalized spacial score (nSPS) is 15.9. The number of amides is 1. The first-order valence-corrected chi connectivity index (χ1v) is 10.9. The van der Waals surface area contributed by atoms with E-state index in [1.807, 2.05) is 6.07 Å². The molecule has 10 heteroatoms. The van der Waals surface area contributed by atoms with Gasteiger partial charge in [0.05, 0.1) is 21.5 Å². The molecule has 0 bridgehead atoms. The van der Waals surface area contributed by atoms with Gasteiger partial charge in [0.15, 0.2) is 0 Å². The number of halogens is 3. The van der Waals surface area contributed by atoms with Crippen LogP contribution in [0.4, 0.5) is 13.2 Å². The maximum Gasteiger partial charge on any atom is 0.416 e. The molecule has 0 aliphatic carbocycles. The zero-order valence-electron chi connectivity index (χ0n) is 16.2. The lowest BCUT2D eigenvalue weighted by atomic mass is 10.1. The molecule has 6 nitrogen and oxygen atoms in total. The highest BCUT2D eigenvalue weighted by molar-refractivity contribution is 7.89. The molecule has 0 unspecified atom stereocenters. The smallest absolute Gasteiger partial charge is 0.336 e. The van der Waals surface area contributed by atoms with E-state index in [0.717, 1.165) is 22.5 Å². The summed E-state index contributed by atoms with van der Waals surface area (Å²) in [5.74, 6) is -0.241. The van der Waals surface area contributed by atoms with Gasteiger partial charge in [-0.3, -0.25) is 9.78 Å². The molecular formula is C21H18F3N3O3S. The summed E-state index contributed by atoms with van der Waals surface area (Å²) in [6.07, 6.45) is -3.09. The molecule has 0 saturated carbocycles. The molecular weight excluding hydrogens is 431 g/mol. The number of hydrogen-bond acceptors (Lipinski definition) is 4. The van der Waals surface area contributed by atoms with Crippen LogP contribution >= 0.6 is 0 Å². The second kappa shape index (κ2) is 7.93. The summed E-state index contributed by atoms with van der Waals surface area (Å²) in [5, 5.41) is 0.703. The third-order valence-electron chi connectivity index (χ3n) is 5.20. The first-order chi connectivity index (χ1) is 14.7. The molecule has 1 fully saturated rings. The van der Waals surface area contributed by atoms with E-state index in [1.54, 1.807) is 35.4 Å². The number of para-hydroxylation sites is 1. The first kappa shape index (κ1) is 21.3. The van der Waals surface area contributed by atoms with E-state index in [-0.39, 0.29) is 32.1 Å². The fourth-order valence-electron chi connectivity index (χ4n) is 3.57. The van der Waals surface area contributed by atoms with Gasteiger partial charge in [-0.05, 0) is 30.3 Å². The molecule has 0 radical (unpaired) electrons. The van der Waals surface area contributed by atoms with Gasteiger partial charge in [-0.25, -0.2) is 8.42 Å². The second-order valence-electron chi connectivity index (χ2n) is 7.10. The van der Waals surface area contributed by atoms with Gasteiger partial charge < -0.3 is 4.90 Å². The molecule has 1 aromatic heterocycles. The second-order valence-corrected chi connectivity index (χ2v) is 9.04. The SMILES string of the molecule is O=C(c1ccnc2ccccc12)N1CCN(S(=O)(=O)c2cccc(C(F)(F)F)c2)CC1. The van der Waals surface area contributed by atoms with E-state index in [2.05, 4.69) is 4.98 Å². The van der Waals surface area contributed by atoms with E-state index < -0.39 is 26.7 Å². The van der Waals surface area contributed by atoms with E-state index in [1.165, 1.54) is 0 Å². The highest BCUT2D eigenvalue weighted by atomic mass is 32.2. The fourth-order valence-corrected chi connectivity index (χ4v) is 5.03. The number of sulfonamides is 1. The molecule has 0 atom stereocenters. The van der Waals surface area contributed by atoms with Gasteiger partial charge in [0.1, 0.15) is 0 Å². The topological polar surface area (TPSA) is 70.6 Å². The molecule has 2 aromatic carbocycles. The number of carbonyl (C=O) groups is 1. The largest absolute Gasteiger partial charge is 0.416 e. The van der Waals surface area contributed by atoms with Crippen molar-refractivity contribution in [2.45, 2.75) is 11.1 Å². The van der Waals surface area contributed by atoms with Crippen LogP contribution in [0.15, 0.2) is 65.7 Å². The number of aromatic nitrogens is 1. The fraction of sp³-hybridized carbons (Fsp3) is 0.238. The van der Waals surface area contributed by atoms with Crippen molar-refractivity contribution < 1.29 is 26.4 Å². The van der Waals surface area contributed by atoms with Crippen molar-refractivity contribution in [2.75, 3.05) is 26.2 Å². The predicted octanol–water partition coefficient (Wildman–Crippen LogP) is 3.40. The highest BCUT2D eigenvalue weighted by Crippen LogP contribution is 2.31. The van der Waals surface area contributed by atoms with Crippen LogP contribution < -0.4 is 0 Å². The van der Waals surface area contributed by atoms with Crippen LogP contribution in [0.3, 0.4) is 0 Å². The molecule has 2 heterocycles. The van der Waals surface area contributed by atoms with E-state index >= 15 is 0 Å². The Morgan fingerprint density at radius 3 is 2.35 bits per heavy atom. The van der Waals surface area contributed by atoms with Crippen molar-refractivity contribution in [3.05, 3.63) is 71.9 Å². The third kappa shape index (κ3) is 4.13. The van der Waals surface area contributed by atoms with E-state index in [9.17, 15) is 26.4 Å². The Balaban J connectivity index is 1.51. The molecule has 4 rings (SSSR count). The Hall–Kier alpha value is -2.98. The molecule has 1 aliphatic rings. The number of pyridine rings is 1. The minimum atomic E-state index is -4.63. The van der Waals surface area contributed by atoms with Gasteiger partial charge in [-0.1, -0.05) is 24.3 Å². The Kier molecular flexibility index (Phi) is 5.44. The predicted molar refractivity (Wildman–Crippen MR) is 108 cm³/mol. The quantitative estimate of drug-likeness (QED) is 0.615. The Bertz CT molecular complexity index is 1230. The highest BCUT2D eigenvalue weighted by Gasteiger charge is 2.34. The Morgan fingerprint density at radius 2 is 1.65 bits per heavy atom. The summed E-state index contributed by atoms with van der Waals surface area (Å²) in [5.41, 5.74) is 0.130. The van der Waals surface area contributed by atoms with Crippen LogP contribution in [0.2, 0.25) is 0 Å². The van der Waals surface area contributed by atoms with Gasteiger partial charge in [0.2, 0.25) is 10.0 Å². The van der Waals surface area contributed by atoms with E-state index in [4.69, 9.17) is 0 Å². The van der Waals surface area contributed by atoms with Crippen molar-refractivity contribution in [2.24, 2.45) is 0 Å². The maximum absolute atomic E-state index is 13.0. The zero-order chi connectivity index (χ0) is 22.2. The van der Waals surface area contributed by atoms with Crippen LogP contribution in [0.1, 0.15) is 15.9 Å². The summed E-state index contributed by atoms with van der Waals surface area (Å²) < 4.78 is 65.6. The number of benzene rings is 2. The van der Waals surface area contributed by atoms with Crippen molar-refractivity contribution in [3.8, 4) is 0 Å². The van der Waals surface area contributed by atoms with Gasteiger partial charge in [0, 0.05) is 37.8 Å². The Morgan fingerprint density at radius 1 is 0.935 bits per heavy atom. The van der Waals surface area contributed by atoms with Gasteiger partial charge >= 0.3 is 6.18 Å². The Labute approximate surface area is 177 Å². The van der Waals surface area contributed by atoms with Crippen LogP contribution in [0.25, 0.3) is 10.9 Å². The third-order valence-corrected chi connectivity index (χ3v) is 7.10. The number of nitrogens with zero attached hydrogens (tertiary/aromatic N) is 3. The van der Waals surface area contributed by atoms with Crippen molar-refractivity contribution >= 4 is 26.8 Å². The summed E-state index contributed by atoms with van der Waals surface area (Å²) in [6, 6.07) is 12.5. The van der Waals surface area contributed by atoms with Crippen molar-refractivity contribution in [1.29, 1.82) is 0 Å². The number of alkyl halides is 3. The maximum atomic E-state index is 13.0. The average molecular weight is 449 g/mol. The number of fused-ring (bicyclic) bond motifs is 1. The molecule has 162 valence electrons. The van der Waals surface area contributed by atoms with Crippen LogP contribution in [0.5, 0.6) is 0 Å². The standard InChI is InChI=1S/C21H18F3N3O3S/c22-21(23,24)15-4-3-5-16(14-15)31(29,30)27-12-10-26(11-13-27)20(28)18-8-9-25-19-7-2-1-6-17(18)19/h1-9,14H,10-13H2. The number of piperazine rings is 1. The summed E-state index contributed by atoms with van der Waals surface area (Å²) in [4.78, 5) is 18.4. The van der Waals surface area contributed by atoms with Gasteiger partial charge in [0.25, 0.3) is 5.91 Å². The van der Waals surface area contributed by atoms with Crippen molar-refractivity contribution in [3.63, 3.8) is 0 Å². The van der Waals surface area contributed by atoms with Crippen LogP contribution in [-0.2, 0) is 16.2 Å². The number of rotatable bonds is 3. The van der Waals surface area contributed by atoms with E-state index in [0.29, 0.717) is 22.5 Å². The minimum Gasteiger partial charge on any atom is -0.336 e. The number of carbonyl (C=O) groups excluding carboxylic acids is 1. The summed E-state index contributed by atoms with van der Waals surface area (Å²) in [7, 11) is -4.11. The molecule has 0 spiro atoms. The lowest BCUT2D eigenvalue weighted by Gasteiger charge is -2.34. The monoisotopic (exact) mass is 449 g/mol. The zero-order valence-corrected chi connectivity index (χ0v) is 17.0. The average Bonchev–Trinajstić information content (AvgIpc) is 2.78. The lowest BCUT2D eigenvalue weighted by molar-refractivity contribution is -0.137. The van der Waals surface area contributed by atoms with Crippen LogP contribution in [0, 0.1) is 0 Å². The molecule has 31 heavy (non-hydrogen) atoms. The number of hydrogen-bond donors (Lipinski definition) is 0. The van der Waals surface area contributed by atoms with Crippen molar-refractivity contribution in [1.82, 2.24) is 14.2 Å². The van der Waals surface area contributed by atoms with Gasteiger partial charge in [-0.2, -0.15) is 17.5 Å². The molecule has 1 amide bonds. The van der Waals surface area contributed by atoms with Crippen LogP contribution in [-0.4, -0.2) is 54.7 Å². The molecule has 0 N–H and O–H groups in total. The lowest BCUT2D eigenvalue weighted by Crippen LogP contribution is -2.50.